The molecule has 13 rings (SSSR count). The largest absolute Gasteiger partial charge is 0.307 e. The molecule has 280 valence electrons. The van der Waals surface area contributed by atoms with Gasteiger partial charge in [-0.3, -0.25) is 0 Å². The van der Waals surface area contributed by atoms with Gasteiger partial charge < -0.3 is 4.40 Å². The molecule has 12 aromatic rings. The highest BCUT2D eigenvalue weighted by atomic mass is 14.9. The fraction of sp³-hybridized carbons (Fsp3) is 0.0517. The summed E-state index contributed by atoms with van der Waals surface area (Å²) in [5.41, 5.74) is 20.4. The Morgan fingerprint density at radius 2 is 1.12 bits per heavy atom. The van der Waals surface area contributed by atoms with Crippen LogP contribution in [0.1, 0.15) is 33.5 Å². The SMILES string of the molecule is C=C(c1nc2ccccc2c(-c2cccc3c2-c2ccccc2C3)c1C)c1c(-c2c(C)ccc3ccccc23)c2ccccc2c2c1c1cccc3c4ccccc4n2c31. The van der Waals surface area contributed by atoms with Crippen molar-refractivity contribution in [1.82, 2.24) is 9.38 Å². The lowest BCUT2D eigenvalue weighted by Crippen LogP contribution is -2.03. The second-order valence-electron chi connectivity index (χ2n) is 16.7. The summed E-state index contributed by atoms with van der Waals surface area (Å²) in [5.74, 6) is 0. The number of rotatable bonds is 4. The first-order valence-electron chi connectivity index (χ1n) is 21.0. The molecule has 0 amide bonds. The lowest BCUT2D eigenvalue weighted by Gasteiger charge is -2.23. The highest BCUT2D eigenvalue weighted by Gasteiger charge is 2.30. The van der Waals surface area contributed by atoms with Crippen LogP contribution in [0.5, 0.6) is 0 Å². The summed E-state index contributed by atoms with van der Waals surface area (Å²) in [6.07, 6.45) is 0.943. The van der Waals surface area contributed by atoms with Crippen molar-refractivity contribution in [2.75, 3.05) is 0 Å². The first-order chi connectivity index (χ1) is 29.6. The van der Waals surface area contributed by atoms with E-state index in [-0.39, 0.29) is 0 Å². The van der Waals surface area contributed by atoms with E-state index < -0.39 is 0 Å². The summed E-state index contributed by atoms with van der Waals surface area (Å²) in [4.78, 5) is 5.63. The topological polar surface area (TPSA) is 17.3 Å². The molecule has 2 heteroatoms. The number of pyridine rings is 1. The zero-order valence-electron chi connectivity index (χ0n) is 33.5. The normalized spacial score (nSPS) is 12.5. The van der Waals surface area contributed by atoms with E-state index in [9.17, 15) is 0 Å². The highest BCUT2D eigenvalue weighted by Crippen LogP contribution is 2.52. The number of hydrogen-bond acceptors (Lipinski definition) is 1. The van der Waals surface area contributed by atoms with Gasteiger partial charge in [0.05, 0.1) is 27.8 Å². The van der Waals surface area contributed by atoms with Crippen LogP contribution in [0.25, 0.3) is 109 Å². The van der Waals surface area contributed by atoms with E-state index in [0.717, 1.165) is 39.7 Å². The minimum absolute atomic E-state index is 0.929. The molecule has 0 unspecified atom stereocenters. The zero-order chi connectivity index (χ0) is 39.8. The highest BCUT2D eigenvalue weighted by molar-refractivity contribution is 6.33. The molecule has 0 aliphatic heterocycles. The van der Waals surface area contributed by atoms with Crippen LogP contribution in [0.4, 0.5) is 0 Å². The Balaban J connectivity index is 1.22. The van der Waals surface area contributed by atoms with Gasteiger partial charge in [0, 0.05) is 43.5 Å². The van der Waals surface area contributed by atoms with Crippen molar-refractivity contribution >= 4 is 76.1 Å². The third-order valence-corrected chi connectivity index (χ3v) is 13.6. The monoisotopic (exact) mass is 762 g/mol. The van der Waals surface area contributed by atoms with E-state index in [1.54, 1.807) is 0 Å². The first-order valence-corrected chi connectivity index (χ1v) is 21.0. The second kappa shape index (κ2) is 12.2. The standard InChI is InChI=1S/C58H38N2/c1-33-30-31-36-16-4-6-19-39(36)50(33)54-42-22-8-9-23-44(42)58-55(47-27-15-25-43-41-21-11-13-29-49(41)60(58)57(43)47)52(54)35(3)56-34(2)51(45-24-10-12-28-48(45)59-56)46-26-14-18-38-32-37-17-5-7-20-40(37)53(38)46/h4-31H,3,32H2,1-2H3. The molecule has 1 aliphatic rings. The maximum absolute atomic E-state index is 5.63. The summed E-state index contributed by atoms with van der Waals surface area (Å²) in [7, 11) is 0. The second-order valence-corrected chi connectivity index (χ2v) is 16.7. The Labute approximate surface area is 347 Å². The molecule has 0 atom stereocenters. The molecular weight excluding hydrogens is 725 g/mol. The van der Waals surface area contributed by atoms with Crippen molar-refractivity contribution in [1.29, 1.82) is 0 Å². The third kappa shape index (κ3) is 4.35. The van der Waals surface area contributed by atoms with E-state index in [1.165, 1.54) is 110 Å². The minimum atomic E-state index is 0.929. The van der Waals surface area contributed by atoms with Crippen molar-refractivity contribution < 1.29 is 0 Å². The number of aromatic nitrogens is 2. The van der Waals surface area contributed by atoms with Crippen molar-refractivity contribution in [3.8, 4) is 33.4 Å². The average Bonchev–Trinajstić information content (AvgIpc) is 3.96. The Hall–Kier alpha value is -7.55. The maximum atomic E-state index is 5.63. The molecule has 0 saturated carbocycles. The van der Waals surface area contributed by atoms with E-state index in [4.69, 9.17) is 11.6 Å². The van der Waals surface area contributed by atoms with E-state index in [1.807, 2.05) is 0 Å². The smallest absolute Gasteiger partial charge is 0.0745 e. The van der Waals surface area contributed by atoms with Gasteiger partial charge in [0.1, 0.15) is 0 Å². The summed E-state index contributed by atoms with van der Waals surface area (Å²) < 4.78 is 2.53. The molecule has 0 spiro atoms. The van der Waals surface area contributed by atoms with Crippen LogP contribution in [0.2, 0.25) is 0 Å². The van der Waals surface area contributed by atoms with Crippen LogP contribution in [0, 0.1) is 13.8 Å². The van der Waals surface area contributed by atoms with Gasteiger partial charge in [0.25, 0.3) is 0 Å². The number of nitrogens with zero attached hydrogens (tertiary/aromatic N) is 2. The Morgan fingerprint density at radius 1 is 0.483 bits per heavy atom. The Morgan fingerprint density at radius 3 is 2.00 bits per heavy atom. The summed E-state index contributed by atoms with van der Waals surface area (Å²) in [5, 5.41) is 11.0. The van der Waals surface area contributed by atoms with Crippen LogP contribution < -0.4 is 0 Å². The lowest BCUT2D eigenvalue weighted by atomic mass is 9.81. The molecule has 0 radical (unpaired) electrons. The number of para-hydroxylation sites is 3. The van der Waals surface area contributed by atoms with Gasteiger partial charge in [-0.2, -0.15) is 0 Å². The molecule has 0 saturated heterocycles. The summed E-state index contributed by atoms with van der Waals surface area (Å²) in [6, 6.07) is 62.6. The quantitative estimate of drug-likeness (QED) is 0.175. The van der Waals surface area contributed by atoms with Crippen molar-refractivity contribution in [3.63, 3.8) is 0 Å². The fourth-order valence-corrected chi connectivity index (χ4v) is 11.1. The fourth-order valence-electron chi connectivity index (χ4n) is 11.1. The van der Waals surface area contributed by atoms with Gasteiger partial charge in [0.2, 0.25) is 0 Å². The van der Waals surface area contributed by atoms with E-state index >= 15 is 0 Å². The van der Waals surface area contributed by atoms with Gasteiger partial charge >= 0.3 is 0 Å². The van der Waals surface area contributed by atoms with Crippen LogP contribution in [0.3, 0.4) is 0 Å². The average molecular weight is 763 g/mol. The summed E-state index contributed by atoms with van der Waals surface area (Å²) in [6.45, 7) is 9.73. The van der Waals surface area contributed by atoms with Crippen molar-refractivity contribution in [2.45, 2.75) is 20.3 Å². The predicted octanol–water partition coefficient (Wildman–Crippen LogP) is 15.3. The van der Waals surface area contributed by atoms with Gasteiger partial charge in [-0.1, -0.05) is 164 Å². The third-order valence-electron chi connectivity index (χ3n) is 13.6. The number of aryl methyl sites for hydroxylation is 1. The van der Waals surface area contributed by atoms with Crippen LogP contribution >= 0.6 is 0 Å². The minimum Gasteiger partial charge on any atom is -0.307 e. The molecule has 0 N–H and O–H groups in total. The van der Waals surface area contributed by atoms with E-state index in [2.05, 4.69) is 188 Å². The Kier molecular flexibility index (Phi) is 6.82. The molecule has 9 aromatic carbocycles. The zero-order valence-corrected chi connectivity index (χ0v) is 33.5. The van der Waals surface area contributed by atoms with Gasteiger partial charge in [-0.15, -0.1) is 0 Å². The number of hydrogen-bond donors (Lipinski definition) is 0. The van der Waals surface area contributed by atoms with Crippen molar-refractivity contribution in [2.24, 2.45) is 0 Å². The molecular formula is C58H38N2. The van der Waals surface area contributed by atoms with Gasteiger partial charge in [-0.25, -0.2) is 4.98 Å². The molecule has 3 heterocycles. The maximum Gasteiger partial charge on any atom is 0.0745 e. The van der Waals surface area contributed by atoms with Crippen LogP contribution in [-0.4, -0.2) is 9.38 Å². The van der Waals surface area contributed by atoms with Gasteiger partial charge in [-0.05, 0) is 104 Å². The molecule has 0 bridgehead atoms. The molecule has 1 aliphatic carbocycles. The molecule has 3 aromatic heterocycles. The molecule has 2 nitrogen and oxygen atoms in total. The number of fused-ring (bicyclic) bond motifs is 13. The molecule has 0 fully saturated rings. The predicted molar refractivity (Wildman–Crippen MR) is 255 cm³/mol. The molecule has 60 heavy (non-hydrogen) atoms. The first kappa shape index (κ1) is 33.4. The lowest BCUT2D eigenvalue weighted by molar-refractivity contribution is 1.26. The van der Waals surface area contributed by atoms with Crippen LogP contribution in [0.15, 0.2) is 176 Å². The van der Waals surface area contributed by atoms with Crippen LogP contribution in [-0.2, 0) is 6.42 Å². The van der Waals surface area contributed by atoms with Gasteiger partial charge in [0.15, 0.2) is 0 Å². The van der Waals surface area contributed by atoms with E-state index in [0.29, 0.717) is 0 Å². The number of benzene rings is 9. The Bertz CT molecular complexity index is 3840. The van der Waals surface area contributed by atoms with Crippen molar-refractivity contribution in [3.05, 3.63) is 210 Å². The summed E-state index contributed by atoms with van der Waals surface area (Å²) >= 11 is 0.